The molecule has 2 fully saturated rings. The average molecular weight is 286 g/mol. The van der Waals surface area contributed by atoms with Crippen LogP contribution in [-0.4, -0.2) is 69.6 Å². The summed E-state index contributed by atoms with van der Waals surface area (Å²) in [5, 5.41) is 9.83. The molecule has 0 bridgehead atoms. The van der Waals surface area contributed by atoms with Crippen LogP contribution in [0.5, 0.6) is 0 Å². The summed E-state index contributed by atoms with van der Waals surface area (Å²) in [6.07, 6.45) is 2.17. The van der Waals surface area contributed by atoms with Gasteiger partial charge in [0.25, 0.3) is 0 Å². The lowest BCUT2D eigenvalue weighted by molar-refractivity contribution is -0.135. The number of carbonyl (C=O) groups is 1. The first-order valence-corrected chi connectivity index (χ1v) is 8.17. The van der Waals surface area contributed by atoms with Crippen LogP contribution in [-0.2, 0) is 4.79 Å². The molecule has 2 aliphatic heterocycles. The molecular formula is C14H26N2O2S. The number of β-amino-alcohol motifs (C(OH)–C–C–N with tert-alkyl or cyclic N) is 1. The third-order valence-corrected chi connectivity index (χ3v) is 5.45. The Hall–Kier alpha value is -0.260. The lowest BCUT2D eigenvalue weighted by Gasteiger charge is -2.39. The third kappa shape index (κ3) is 3.86. The molecule has 0 saturated carbocycles. The minimum atomic E-state index is -0.653. The smallest absolute Gasteiger partial charge is 0.238 e. The quantitative estimate of drug-likeness (QED) is 0.846. The maximum absolute atomic E-state index is 12.6. The van der Waals surface area contributed by atoms with E-state index in [4.69, 9.17) is 0 Å². The first-order chi connectivity index (χ1) is 8.80. The van der Waals surface area contributed by atoms with Crippen LogP contribution in [0.3, 0.4) is 0 Å². The molecular weight excluding hydrogens is 260 g/mol. The Bertz CT molecular complexity index is 327. The predicted molar refractivity (Wildman–Crippen MR) is 79.4 cm³/mol. The monoisotopic (exact) mass is 286 g/mol. The van der Waals surface area contributed by atoms with Gasteiger partial charge in [0.15, 0.2) is 0 Å². The number of hydrogen-bond donors (Lipinski definition) is 1. The topological polar surface area (TPSA) is 43.8 Å². The van der Waals surface area contributed by atoms with Gasteiger partial charge in [-0.3, -0.25) is 9.69 Å². The highest BCUT2D eigenvalue weighted by Crippen LogP contribution is 2.39. The zero-order valence-corrected chi connectivity index (χ0v) is 13.1. The van der Waals surface area contributed by atoms with Crippen molar-refractivity contribution in [2.45, 2.75) is 44.0 Å². The van der Waals surface area contributed by atoms with E-state index < -0.39 is 5.60 Å². The zero-order chi connectivity index (χ0) is 14.1. The van der Waals surface area contributed by atoms with Crippen LogP contribution in [0.2, 0.25) is 0 Å². The van der Waals surface area contributed by atoms with E-state index in [0.29, 0.717) is 12.5 Å². The van der Waals surface area contributed by atoms with Gasteiger partial charge in [0.05, 0.1) is 10.3 Å². The van der Waals surface area contributed by atoms with E-state index in [1.807, 2.05) is 30.5 Å². The van der Waals surface area contributed by atoms with E-state index in [-0.39, 0.29) is 4.75 Å². The van der Waals surface area contributed by atoms with Crippen LogP contribution in [0.4, 0.5) is 0 Å². The van der Waals surface area contributed by atoms with E-state index in [2.05, 4.69) is 11.8 Å². The molecule has 1 unspecified atom stereocenters. The molecule has 0 aromatic carbocycles. The van der Waals surface area contributed by atoms with E-state index >= 15 is 0 Å². The number of carbonyl (C=O) groups excluding carboxylic acids is 1. The van der Waals surface area contributed by atoms with Crippen LogP contribution in [0.25, 0.3) is 0 Å². The highest BCUT2D eigenvalue weighted by Gasteiger charge is 2.40. The minimum absolute atomic E-state index is 0.182. The van der Waals surface area contributed by atoms with Gasteiger partial charge < -0.3 is 10.0 Å². The molecule has 0 spiro atoms. The molecule has 5 heteroatoms. The fourth-order valence-corrected chi connectivity index (χ4v) is 4.22. The van der Waals surface area contributed by atoms with Crippen molar-refractivity contribution in [3.05, 3.63) is 0 Å². The zero-order valence-electron chi connectivity index (χ0n) is 12.3. The number of nitrogens with zero attached hydrogens (tertiary/aromatic N) is 2. The molecule has 2 aliphatic rings. The maximum atomic E-state index is 12.6. The van der Waals surface area contributed by atoms with Gasteiger partial charge in [-0.05, 0) is 39.4 Å². The van der Waals surface area contributed by atoms with Gasteiger partial charge in [0.1, 0.15) is 0 Å². The van der Waals surface area contributed by atoms with Crippen molar-refractivity contribution in [3.8, 4) is 0 Å². The lowest BCUT2D eigenvalue weighted by Crippen LogP contribution is -2.55. The maximum Gasteiger partial charge on any atom is 0.238 e. The molecule has 1 atom stereocenters. The second-order valence-electron chi connectivity index (χ2n) is 6.56. The summed E-state index contributed by atoms with van der Waals surface area (Å²) in [5.41, 5.74) is -0.653. The summed E-state index contributed by atoms with van der Waals surface area (Å²) < 4.78 is -0.182. The van der Waals surface area contributed by atoms with Crippen molar-refractivity contribution in [2.24, 2.45) is 0 Å². The molecule has 2 saturated heterocycles. The van der Waals surface area contributed by atoms with Gasteiger partial charge in [0, 0.05) is 32.7 Å². The summed E-state index contributed by atoms with van der Waals surface area (Å²) in [6, 6.07) is 0. The van der Waals surface area contributed by atoms with E-state index in [1.165, 1.54) is 0 Å². The van der Waals surface area contributed by atoms with Gasteiger partial charge in [-0.15, -0.1) is 11.8 Å². The molecule has 2 rings (SSSR count). The predicted octanol–water partition coefficient (Wildman–Crippen LogP) is 1.19. The lowest BCUT2D eigenvalue weighted by atomic mass is 10.0. The molecule has 0 aliphatic carbocycles. The fourth-order valence-electron chi connectivity index (χ4n) is 2.94. The number of aliphatic hydroxyl groups is 1. The SMILES string of the molecule is CC(C)(O)CN1CCN(C(=O)C2(C)CCCS2)CC1. The summed E-state index contributed by atoms with van der Waals surface area (Å²) in [4.78, 5) is 16.8. The largest absolute Gasteiger partial charge is 0.389 e. The summed E-state index contributed by atoms with van der Waals surface area (Å²) in [7, 11) is 0. The standard InChI is InChI=1S/C14H26N2O2S/c1-13(2,18)11-15-6-8-16(9-7-15)12(17)14(3)5-4-10-19-14/h18H,4-11H2,1-3H3. The Morgan fingerprint density at radius 1 is 1.32 bits per heavy atom. The van der Waals surface area contributed by atoms with Crippen LogP contribution in [0.15, 0.2) is 0 Å². The normalized spacial score (nSPS) is 29.8. The molecule has 2 heterocycles. The van der Waals surface area contributed by atoms with Crippen molar-refractivity contribution < 1.29 is 9.90 Å². The van der Waals surface area contributed by atoms with Crippen molar-refractivity contribution in [2.75, 3.05) is 38.5 Å². The molecule has 1 amide bonds. The molecule has 0 aromatic rings. The summed E-state index contributed by atoms with van der Waals surface area (Å²) in [6.45, 7) is 9.78. The first kappa shape index (κ1) is 15.1. The van der Waals surface area contributed by atoms with E-state index in [9.17, 15) is 9.90 Å². The van der Waals surface area contributed by atoms with Gasteiger partial charge in [-0.25, -0.2) is 0 Å². The Morgan fingerprint density at radius 3 is 2.42 bits per heavy atom. The number of amides is 1. The highest BCUT2D eigenvalue weighted by molar-refractivity contribution is 8.01. The second-order valence-corrected chi connectivity index (χ2v) is 8.16. The Labute approximate surface area is 120 Å². The summed E-state index contributed by atoms with van der Waals surface area (Å²) in [5.74, 6) is 1.43. The van der Waals surface area contributed by atoms with Gasteiger partial charge >= 0.3 is 0 Å². The number of hydrogen-bond acceptors (Lipinski definition) is 4. The Morgan fingerprint density at radius 2 is 1.95 bits per heavy atom. The van der Waals surface area contributed by atoms with Gasteiger partial charge in [-0.1, -0.05) is 0 Å². The van der Waals surface area contributed by atoms with Crippen LogP contribution in [0.1, 0.15) is 33.6 Å². The number of thioether (sulfide) groups is 1. The van der Waals surface area contributed by atoms with Crippen LogP contribution in [0, 0.1) is 0 Å². The molecule has 1 N–H and O–H groups in total. The number of piperazine rings is 1. The van der Waals surface area contributed by atoms with E-state index in [1.54, 1.807) is 0 Å². The van der Waals surface area contributed by atoms with Crippen molar-refractivity contribution in [1.82, 2.24) is 9.80 Å². The molecule has 110 valence electrons. The van der Waals surface area contributed by atoms with E-state index in [0.717, 1.165) is 44.8 Å². The Balaban J connectivity index is 1.84. The van der Waals surface area contributed by atoms with Crippen molar-refractivity contribution >= 4 is 17.7 Å². The molecule has 19 heavy (non-hydrogen) atoms. The van der Waals surface area contributed by atoms with Gasteiger partial charge in [-0.2, -0.15) is 0 Å². The molecule has 0 aromatic heterocycles. The second kappa shape index (κ2) is 5.62. The Kier molecular flexibility index (Phi) is 4.48. The molecule has 4 nitrogen and oxygen atoms in total. The minimum Gasteiger partial charge on any atom is -0.389 e. The third-order valence-electron chi connectivity index (χ3n) is 3.94. The highest BCUT2D eigenvalue weighted by atomic mass is 32.2. The number of rotatable bonds is 3. The first-order valence-electron chi connectivity index (χ1n) is 7.18. The van der Waals surface area contributed by atoms with Crippen molar-refractivity contribution in [1.29, 1.82) is 0 Å². The summed E-state index contributed by atoms with van der Waals surface area (Å²) >= 11 is 1.81. The van der Waals surface area contributed by atoms with Crippen LogP contribution < -0.4 is 0 Å². The van der Waals surface area contributed by atoms with Gasteiger partial charge in [0.2, 0.25) is 5.91 Å². The van der Waals surface area contributed by atoms with Crippen molar-refractivity contribution in [3.63, 3.8) is 0 Å². The fraction of sp³-hybridized carbons (Fsp3) is 0.929. The molecule has 0 radical (unpaired) electrons. The average Bonchev–Trinajstić information content (AvgIpc) is 2.75. The van der Waals surface area contributed by atoms with Crippen LogP contribution >= 0.6 is 11.8 Å².